The molecule has 0 aliphatic heterocycles. The molecule has 0 saturated carbocycles. The first-order valence-electron chi connectivity index (χ1n) is 8.01. The lowest BCUT2D eigenvalue weighted by Crippen LogP contribution is -2.24. The van der Waals surface area contributed by atoms with Crippen molar-refractivity contribution in [3.63, 3.8) is 0 Å². The number of nitrogens with one attached hydrogen (secondary N) is 1. The fraction of sp³-hybridized carbons (Fsp3) is 0.158. The van der Waals surface area contributed by atoms with Gasteiger partial charge < -0.3 is 5.32 Å². The Morgan fingerprint density at radius 2 is 1.76 bits per heavy atom. The number of hydrogen-bond donors (Lipinski definition) is 1. The van der Waals surface area contributed by atoms with Crippen LogP contribution in [-0.2, 0) is 17.8 Å². The van der Waals surface area contributed by atoms with Crippen LogP contribution in [0.5, 0.6) is 0 Å². The van der Waals surface area contributed by atoms with E-state index in [4.69, 9.17) is 0 Å². The van der Waals surface area contributed by atoms with Crippen LogP contribution in [0.15, 0.2) is 71.8 Å². The van der Waals surface area contributed by atoms with Gasteiger partial charge in [0, 0.05) is 37.0 Å². The summed E-state index contributed by atoms with van der Waals surface area (Å²) < 4.78 is 1.42. The van der Waals surface area contributed by atoms with Crippen LogP contribution >= 0.6 is 0 Å². The average Bonchev–Trinajstić information content (AvgIpc) is 2.64. The zero-order chi connectivity index (χ0) is 17.5. The molecule has 1 N–H and O–H groups in total. The van der Waals surface area contributed by atoms with E-state index in [2.05, 4.69) is 15.4 Å². The highest BCUT2D eigenvalue weighted by molar-refractivity contribution is 5.90. The number of aromatic nitrogens is 3. The highest BCUT2D eigenvalue weighted by Gasteiger charge is 2.06. The standard InChI is InChI=1S/C19H18N4O2/c24-18(21-16-10-12-20-13-11-16)8-6-17-7-9-19(25)23(22-17)14-15-4-2-1-3-5-15/h1-5,7,9-13H,6,8,14H2,(H,20,21,24). The smallest absolute Gasteiger partial charge is 0.267 e. The van der Waals surface area contributed by atoms with Crippen molar-refractivity contribution in [2.45, 2.75) is 19.4 Å². The lowest BCUT2D eigenvalue weighted by molar-refractivity contribution is -0.116. The maximum Gasteiger partial charge on any atom is 0.267 e. The summed E-state index contributed by atoms with van der Waals surface area (Å²) in [5.74, 6) is -0.103. The lowest BCUT2D eigenvalue weighted by Gasteiger charge is -2.08. The second-order valence-electron chi connectivity index (χ2n) is 5.59. The molecule has 0 aliphatic rings. The van der Waals surface area contributed by atoms with Gasteiger partial charge in [0.05, 0.1) is 12.2 Å². The number of carbonyl (C=O) groups is 1. The molecule has 0 saturated heterocycles. The molecular formula is C19H18N4O2. The highest BCUT2D eigenvalue weighted by Crippen LogP contribution is 2.06. The summed E-state index contributed by atoms with van der Waals surface area (Å²) in [6.45, 7) is 0.413. The number of aryl methyl sites for hydroxylation is 1. The Morgan fingerprint density at radius 1 is 1.00 bits per heavy atom. The number of pyridine rings is 1. The van der Waals surface area contributed by atoms with Crippen LogP contribution in [0.2, 0.25) is 0 Å². The molecule has 2 aromatic heterocycles. The summed E-state index contributed by atoms with van der Waals surface area (Å²) >= 11 is 0. The van der Waals surface area contributed by atoms with Gasteiger partial charge in [-0.25, -0.2) is 4.68 Å². The van der Waals surface area contributed by atoms with E-state index in [1.54, 1.807) is 30.6 Å². The van der Waals surface area contributed by atoms with E-state index in [1.807, 2.05) is 30.3 Å². The Hall–Kier alpha value is -3.28. The molecule has 25 heavy (non-hydrogen) atoms. The molecule has 2 heterocycles. The molecule has 0 atom stereocenters. The van der Waals surface area contributed by atoms with Gasteiger partial charge in [-0.3, -0.25) is 14.6 Å². The normalized spacial score (nSPS) is 10.4. The van der Waals surface area contributed by atoms with Crippen LogP contribution < -0.4 is 10.9 Å². The predicted octanol–water partition coefficient (Wildman–Crippen LogP) is 2.26. The van der Waals surface area contributed by atoms with E-state index in [-0.39, 0.29) is 11.5 Å². The topological polar surface area (TPSA) is 76.9 Å². The van der Waals surface area contributed by atoms with Crippen molar-refractivity contribution in [3.05, 3.63) is 88.6 Å². The third-order valence-electron chi connectivity index (χ3n) is 3.67. The van der Waals surface area contributed by atoms with Crippen LogP contribution in [0.4, 0.5) is 5.69 Å². The molecule has 3 aromatic rings. The number of anilines is 1. The van der Waals surface area contributed by atoms with E-state index in [9.17, 15) is 9.59 Å². The maximum atomic E-state index is 12.0. The van der Waals surface area contributed by atoms with Crippen LogP contribution in [0.1, 0.15) is 17.7 Å². The summed E-state index contributed by atoms with van der Waals surface area (Å²) in [5, 5.41) is 7.16. The zero-order valence-electron chi connectivity index (χ0n) is 13.6. The minimum atomic E-state index is -0.158. The maximum absolute atomic E-state index is 12.0. The third kappa shape index (κ3) is 4.84. The van der Waals surface area contributed by atoms with Gasteiger partial charge in [-0.1, -0.05) is 30.3 Å². The van der Waals surface area contributed by atoms with Gasteiger partial charge in [-0.15, -0.1) is 0 Å². The first kappa shape index (κ1) is 16.6. The van der Waals surface area contributed by atoms with Gasteiger partial charge in [-0.2, -0.15) is 5.10 Å². The minimum Gasteiger partial charge on any atom is -0.326 e. The summed E-state index contributed by atoms with van der Waals surface area (Å²) in [6.07, 6.45) is 4.00. The summed E-state index contributed by atoms with van der Waals surface area (Å²) in [6, 6.07) is 16.3. The largest absolute Gasteiger partial charge is 0.326 e. The second-order valence-corrected chi connectivity index (χ2v) is 5.59. The van der Waals surface area contributed by atoms with E-state index >= 15 is 0 Å². The monoisotopic (exact) mass is 334 g/mol. The number of amides is 1. The Bertz CT molecular complexity index is 892. The van der Waals surface area contributed by atoms with Crippen LogP contribution in [-0.4, -0.2) is 20.7 Å². The molecule has 126 valence electrons. The summed E-state index contributed by atoms with van der Waals surface area (Å²) in [7, 11) is 0. The predicted molar refractivity (Wildman–Crippen MR) is 95.2 cm³/mol. The fourth-order valence-corrected chi connectivity index (χ4v) is 2.39. The van der Waals surface area contributed by atoms with Crippen molar-refractivity contribution in [2.24, 2.45) is 0 Å². The number of hydrogen-bond acceptors (Lipinski definition) is 4. The lowest BCUT2D eigenvalue weighted by atomic mass is 10.2. The summed E-state index contributed by atoms with van der Waals surface area (Å²) in [5.41, 5.74) is 2.26. The molecule has 0 unspecified atom stereocenters. The van der Waals surface area contributed by atoms with Crippen molar-refractivity contribution >= 4 is 11.6 Å². The Morgan fingerprint density at radius 3 is 2.52 bits per heavy atom. The number of carbonyl (C=O) groups excluding carboxylic acids is 1. The molecule has 1 aromatic carbocycles. The minimum absolute atomic E-state index is 0.103. The molecule has 1 amide bonds. The number of nitrogens with zero attached hydrogens (tertiary/aromatic N) is 3. The second kappa shape index (κ2) is 8.01. The van der Waals surface area contributed by atoms with Crippen molar-refractivity contribution in [1.82, 2.24) is 14.8 Å². The zero-order valence-corrected chi connectivity index (χ0v) is 13.6. The molecule has 6 heteroatoms. The molecular weight excluding hydrogens is 316 g/mol. The Kier molecular flexibility index (Phi) is 5.31. The van der Waals surface area contributed by atoms with Crippen molar-refractivity contribution in [2.75, 3.05) is 5.32 Å². The van der Waals surface area contributed by atoms with Crippen LogP contribution in [0.3, 0.4) is 0 Å². The van der Waals surface area contributed by atoms with Gasteiger partial charge in [-0.05, 0) is 23.8 Å². The van der Waals surface area contributed by atoms with E-state index in [0.29, 0.717) is 30.8 Å². The van der Waals surface area contributed by atoms with Gasteiger partial charge in [0.2, 0.25) is 5.91 Å². The van der Waals surface area contributed by atoms with E-state index < -0.39 is 0 Å². The molecule has 0 fully saturated rings. The molecule has 0 radical (unpaired) electrons. The first-order chi connectivity index (χ1) is 12.2. The molecule has 3 rings (SSSR count). The number of rotatable bonds is 6. The van der Waals surface area contributed by atoms with Gasteiger partial charge >= 0.3 is 0 Å². The Balaban J connectivity index is 1.62. The van der Waals surface area contributed by atoms with Crippen molar-refractivity contribution in [1.29, 1.82) is 0 Å². The van der Waals surface area contributed by atoms with E-state index in [1.165, 1.54) is 10.7 Å². The molecule has 0 bridgehead atoms. The SMILES string of the molecule is O=C(CCc1ccc(=O)n(Cc2ccccc2)n1)Nc1ccncc1. The fourth-order valence-electron chi connectivity index (χ4n) is 2.39. The van der Waals surface area contributed by atoms with Gasteiger partial charge in [0.25, 0.3) is 5.56 Å². The van der Waals surface area contributed by atoms with E-state index in [0.717, 1.165) is 5.56 Å². The van der Waals surface area contributed by atoms with Crippen LogP contribution in [0, 0.1) is 0 Å². The highest BCUT2D eigenvalue weighted by atomic mass is 16.1. The molecule has 0 spiro atoms. The first-order valence-corrected chi connectivity index (χ1v) is 8.01. The van der Waals surface area contributed by atoms with Crippen molar-refractivity contribution in [3.8, 4) is 0 Å². The molecule has 0 aliphatic carbocycles. The van der Waals surface area contributed by atoms with Gasteiger partial charge in [0.1, 0.15) is 0 Å². The quantitative estimate of drug-likeness (QED) is 0.750. The third-order valence-corrected chi connectivity index (χ3v) is 3.67. The molecule has 6 nitrogen and oxygen atoms in total. The average molecular weight is 334 g/mol. The van der Waals surface area contributed by atoms with Crippen LogP contribution in [0.25, 0.3) is 0 Å². The van der Waals surface area contributed by atoms with Gasteiger partial charge in [0.15, 0.2) is 0 Å². The Labute approximate surface area is 145 Å². The summed E-state index contributed by atoms with van der Waals surface area (Å²) in [4.78, 5) is 27.9. The number of benzene rings is 1. The van der Waals surface area contributed by atoms with Crippen molar-refractivity contribution < 1.29 is 4.79 Å².